The van der Waals surface area contributed by atoms with Gasteiger partial charge in [-0.05, 0) is 18.6 Å². The molecule has 166 valence electrons. The van der Waals surface area contributed by atoms with Gasteiger partial charge < -0.3 is 35.2 Å². The highest BCUT2D eigenvalue weighted by molar-refractivity contribution is 7.98. The van der Waals surface area contributed by atoms with Crippen molar-refractivity contribution in [3.63, 3.8) is 0 Å². The zero-order valence-electron chi connectivity index (χ0n) is 15.3. The maximum Gasteiger partial charge on any atom is 0.481 e. The standard InChI is InChI=1S/C13H19N5O9P2S/c1-30-12-16-10(14)6-11(17-12)18(4-15-6)7-5-2-13(5,9(20)8(7)19)3-26-29(24,25)27-28(21,22)23/h4-5,7-9,19-20H,2-3H2,1H3,(H,24,25)(H2,14,16,17)(H2,21,22,23)/t5-,7-,8+,9+,13-/m1/s1. The Balaban J connectivity index is 1.60. The summed E-state index contributed by atoms with van der Waals surface area (Å²) in [7, 11) is -10.3. The first-order valence-electron chi connectivity index (χ1n) is 8.53. The Hall–Kier alpha value is -1.12. The molecule has 2 heterocycles. The Morgan fingerprint density at radius 1 is 1.33 bits per heavy atom. The highest BCUT2D eigenvalue weighted by Gasteiger charge is 2.72. The summed E-state index contributed by atoms with van der Waals surface area (Å²) in [6, 6.07) is -0.682. The van der Waals surface area contributed by atoms with Crippen LogP contribution in [0.1, 0.15) is 12.5 Å². The number of rotatable bonds is 7. The third kappa shape index (κ3) is 3.69. The van der Waals surface area contributed by atoms with Gasteiger partial charge >= 0.3 is 15.6 Å². The van der Waals surface area contributed by atoms with Crippen LogP contribution in [-0.4, -0.2) is 69.5 Å². The number of nitrogens with two attached hydrogens (primary N) is 1. The Morgan fingerprint density at radius 2 is 2.03 bits per heavy atom. The first-order chi connectivity index (χ1) is 13.9. The number of thioether (sulfide) groups is 1. The predicted molar refractivity (Wildman–Crippen MR) is 102 cm³/mol. The number of aromatic nitrogens is 4. The molecule has 0 bridgehead atoms. The van der Waals surface area contributed by atoms with Crippen molar-refractivity contribution in [2.75, 3.05) is 18.6 Å². The maximum absolute atomic E-state index is 11.8. The number of phosphoric ester groups is 1. The monoisotopic (exact) mass is 483 g/mol. The lowest BCUT2D eigenvalue weighted by molar-refractivity contribution is -0.0297. The summed E-state index contributed by atoms with van der Waals surface area (Å²) >= 11 is 1.27. The van der Waals surface area contributed by atoms with Crippen LogP contribution in [0.4, 0.5) is 5.82 Å². The zero-order valence-corrected chi connectivity index (χ0v) is 17.9. The molecule has 1 unspecified atom stereocenters. The molecule has 2 aliphatic carbocycles. The number of hydrogen-bond donors (Lipinski definition) is 6. The summed E-state index contributed by atoms with van der Waals surface area (Å²) in [4.78, 5) is 39.6. The van der Waals surface area contributed by atoms with Crippen molar-refractivity contribution in [2.45, 2.75) is 29.8 Å². The van der Waals surface area contributed by atoms with E-state index < -0.39 is 45.9 Å². The SMILES string of the molecule is CSc1nc(N)c2ncn([C@H]3[C@H](O)[C@H](O)[C@@]4(COP(=O)(O)OP(=O)(O)O)C[C@H]34)c2n1. The van der Waals surface area contributed by atoms with Crippen LogP contribution in [0.5, 0.6) is 0 Å². The van der Waals surface area contributed by atoms with Crippen LogP contribution in [-0.2, 0) is 18.0 Å². The number of phosphoric acid groups is 2. The predicted octanol–water partition coefficient (Wildman–Crippen LogP) is -0.360. The second-order valence-corrected chi connectivity index (χ2v) is 10.8. The van der Waals surface area contributed by atoms with Crippen molar-refractivity contribution < 1.29 is 42.9 Å². The molecular formula is C13H19N5O9P2S. The van der Waals surface area contributed by atoms with Crippen LogP contribution in [0.3, 0.4) is 0 Å². The maximum atomic E-state index is 11.8. The van der Waals surface area contributed by atoms with Gasteiger partial charge in [0.15, 0.2) is 16.6 Å². The smallest absolute Gasteiger partial charge is 0.390 e. The molecule has 0 spiro atoms. The topological polar surface area (TPSA) is 223 Å². The van der Waals surface area contributed by atoms with Crippen LogP contribution in [0.2, 0.25) is 0 Å². The summed E-state index contributed by atoms with van der Waals surface area (Å²) in [5, 5.41) is 21.6. The van der Waals surface area contributed by atoms with Gasteiger partial charge in [-0.1, -0.05) is 11.8 Å². The third-order valence-electron chi connectivity index (χ3n) is 5.49. The van der Waals surface area contributed by atoms with Gasteiger partial charge in [0, 0.05) is 5.41 Å². The molecular weight excluding hydrogens is 464 g/mol. The van der Waals surface area contributed by atoms with Crippen molar-refractivity contribution >= 4 is 44.4 Å². The van der Waals surface area contributed by atoms with E-state index in [-0.39, 0.29) is 11.7 Å². The van der Waals surface area contributed by atoms with Gasteiger partial charge in [-0.3, -0.25) is 4.52 Å². The van der Waals surface area contributed by atoms with E-state index in [4.69, 9.17) is 20.0 Å². The van der Waals surface area contributed by atoms with Crippen molar-refractivity contribution in [2.24, 2.45) is 11.3 Å². The highest BCUT2D eigenvalue weighted by atomic mass is 32.2. The molecule has 2 saturated carbocycles. The third-order valence-corrected chi connectivity index (χ3v) is 8.17. The van der Waals surface area contributed by atoms with Crippen molar-refractivity contribution in [3.8, 4) is 0 Å². The molecule has 4 rings (SSSR count). The second kappa shape index (κ2) is 7.20. The van der Waals surface area contributed by atoms with E-state index in [2.05, 4.69) is 19.3 Å². The average Bonchev–Trinajstić information content (AvgIpc) is 3.13. The van der Waals surface area contributed by atoms with Gasteiger partial charge in [0.2, 0.25) is 0 Å². The molecule has 2 aliphatic rings. The Labute approximate surface area is 173 Å². The quantitative estimate of drug-likeness (QED) is 0.168. The normalized spacial score (nSPS) is 32.9. The van der Waals surface area contributed by atoms with Gasteiger partial charge in [-0.15, -0.1) is 0 Å². The first kappa shape index (κ1) is 22.1. The molecule has 0 radical (unpaired) electrons. The molecule has 30 heavy (non-hydrogen) atoms. The number of nitrogen functional groups attached to an aromatic ring is 1. The molecule has 14 nitrogen and oxygen atoms in total. The number of anilines is 1. The van der Waals surface area contributed by atoms with E-state index in [0.29, 0.717) is 22.7 Å². The van der Waals surface area contributed by atoms with Crippen LogP contribution in [0.25, 0.3) is 11.2 Å². The van der Waals surface area contributed by atoms with Crippen LogP contribution >= 0.6 is 27.4 Å². The lowest BCUT2D eigenvalue weighted by atomic mass is 10.0. The molecule has 7 N–H and O–H groups in total. The summed E-state index contributed by atoms with van der Waals surface area (Å²) in [6.07, 6.45) is 0.898. The molecule has 2 aromatic heterocycles. The number of nitrogens with zero attached hydrogens (tertiary/aromatic N) is 4. The molecule has 0 amide bonds. The largest absolute Gasteiger partial charge is 0.481 e. The van der Waals surface area contributed by atoms with Gasteiger partial charge in [-0.25, -0.2) is 24.1 Å². The Bertz CT molecular complexity index is 1090. The van der Waals surface area contributed by atoms with Crippen LogP contribution < -0.4 is 5.73 Å². The van der Waals surface area contributed by atoms with E-state index in [9.17, 15) is 24.2 Å². The fraction of sp³-hybridized carbons (Fsp3) is 0.615. The van der Waals surface area contributed by atoms with E-state index in [1.54, 1.807) is 10.8 Å². The molecule has 2 fully saturated rings. The summed E-state index contributed by atoms with van der Waals surface area (Å²) in [6.45, 7) is -0.556. The lowest BCUT2D eigenvalue weighted by Crippen LogP contribution is -2.35. The van der Waals surface area contributed by atoms with Gasteiger partial charge in [0.05, 0.1) is 25.1 Å². The summed E-state index contributed by atoms with van der Waals surface area (Å²) in [5.41, 5.74) is 5.51. The number of aliphatic hydroxyl groups is 2. The minimum absolute atomic E-state index is 0.164. The van der Waals surface area contributed by atoms with Gasteiger partial charge in [0.1, 0.15) is 11.6 Å². The zero-order chi connectivity index (χ0) is 22.1. The van der Waals surface area contributed by atoms with Gasteiger partial charge in [-0.2, -0.15) is 4.31 Å². The summed E-state index contributed by atoms with van der Waals surface area (Å²) < 4.78 is 32.6. The first-order valence-corrected chi connectivity index (χ1v) is 12.8. The van der Waals surface area contributed by atoms with Crippen LogP contribution in [0.15, 0.2) is 11.5 Å². The van der Waals surface area contributed by atoms with E-state index in [1.807, 2.05) is 0 Å². The number of hydrogen-bond acceptors (Lipinski definition) is 11. The Kier molecular flexibility index (Phi) is 5.30. The van der Waals surface area contributed by atoms with E-state index >= 15 is 0 Å². The van der Waals surface area contributed by atoms with Crippen molar-refractivity contribution in [1.82, 2.24) is 19.5 Å². The van der Waals surface area contributed by atoms with E-state index in [1.165, 1.54) is 18.1 Å². The molecule has 0 aliphatic heterocycles. The summed E-state index contributed by atoms with van der Waals surface area (Å²) in [5.74, 6) is -0.221. The average molecular weight is 483 g/mol. The molecule has 0 aromatic carbocycles. The van der Waals surface area contributed by atoms with Crippen molar-refractivity contribution in [1.29, 1.82) is 0 Å². The molecule has 2 aromatic rings. The minimum atomic E-state index is -5.27. The fourth-order valence-electron chi connectivity index (χ4n) is 4.11. The van der Waals surface area contributed by atoms with Gasteiger partial charge in [0.25, 0.3) is 0 Å². The lowest BCUT2D eigenvalue weighted by Gasteiger charge is -2.24. The van der Waals surface area contributed by atoms with Crippen LogP contribution in [0, 0.1) is 11.3 Å². The highest BCUT2D eigenvalue weighted by Crippen LogP contribution is 2.69. The number of aliphatic hydroxyl groups excluding tert-OH is 2. The van der Waals surface area contributed by atoms with E-state index in [0.717, 1.165) is 0 Å². The fourth-order valence-corrected chi connectivity index (χ4v) is 6.15. The molecule has 0 saturated heterocycles. The second-order valence-electron chi connectivity index (χ2n) is 7.20. The Morgan fingerprint density at radius 3 is 2.67 bits per heavy atom. The minimum Gasteiger partial charge on any atom is -0.390 e. The number of fused-ring (bicyclic) bond motifs is 2. The molecule has 17 heteroatoms. The molecule has 6 atom stereocenters. The number of imidazole rings is 1. The van der Waals surface area contributed by atoms with Crippen molar-refractivity contribution in [3.05, 3.63) is 6.33 Å².